The Morgan fingerprint density at radius 3 is 2.86 bits per heavy atom. The zero-order valence-electron chi connectivity index (χ0n) is 8.89. The number of halogens is 1. The summed E-state index contributed by atoms with van der Waals surface area (Å²) >= 11 is 2.49. The molecule has 0 radical (unpaired) electrons. The lowest BCUT2D eigenvalue weighted by atomic mass is 9.77. The third-order valence-corrected chi connectivity index (χ3v) is 4.22. The predicted octanol–water partition coefficient (Wildman–Crippen LogP) is 4.37. The summed E-state index contributed by atoms with van der Waals surface area (Å²) < 4.78 is 1.47. The van der Waals surface area contributed by atoms with Crippen molar-refractivity contribution in [1.82, 2.24) is 0 Å². The summed E-state index contributed by atoms with van der Waals surface area (Å²) in [6.07, 6.45) is 4.04. The Morgan fingerprint density at radius 1 is 1.36 bits per heavy atom. The van der Waals surface area contributed by atoms with Crippen LogP contribution in [0.3, 0.4) is 0 Å². The molecule has 0 heterocycles. The first-order valence-electron chi connectivity index (χ1n) is 5.47. The minimum atomic E-state index is 0.782. The van der Waals surface area contributed by atoms with Gasteiger partial charge in [0.1, 0.15) is 0 Å². The summed E-state index contributed by atoms with van der Waals surface area (Å²) in [4.78, 5) is 0. The summed E-state index contributed by atoms with van der Waals surface area (Å²) in [5, 5.41) is 0. The van der Waals surface area contributed by atoms with Crippen molar-refractivity contribution >= 4 is 22.6 Å². The van der Waals surface area contributed by atoms with E-state index in [0.29, 0.717) is 0 Å². The highest BCUT2D eigenvalue weighted by Crippen LogP contribution is 2.38. The molecule has 0 fully saturated rings. The molecule has 1 aromatic rings. The Morgan fingerprint density at radius 2 is 2.14 bits per heavy atom. The van der Waals surface area contributed by atoms with Gasteiger partial charge in [-0.05, 0) is 70.9 Å². The number of benzene rings is 1. The van der Waals surface area contributed by atoms with E-state index in [9.17, 15) is 0 Å². The fourth-order valence-corrected chi connectivity index (χ4v) is 3.49. The molecule has 0 aliphatic heterocycles. The predicted molar refractivity (Wildman–Crippen MR) is 69.7 cm³/mol. The molecule has 0 saturated carbocycles. The van der Waals surface area contributed by atoms with Crippen molar-refractivity contribution in [2.75, 3.05) is 0 Å². The highest BCUT2D eigenvalue weighted by atomic mass is 127. The van der Waals surface area contributed by atoms with Crippen LogP contribution in [0.5, 0.6) is 0 Å². The molecule has 0 amide bonds. The van der Waals surface area contributed by atoms with Crippen LogP contribution in [0.15, 0.2) is 18.2 Å². The van der Waals surface area contributed by atoms with Crippen LogP contribution in [0.25, 0.3) is 0 Å². The molecule has 0 spiro atoms. The van der Waals surface area contributed by atoms with E-state index in [1.54, 1.807) is 11.1 Å². The SMILES string of the molecule is CC(C)C1CCCc2cccc(I)c21. The van der Waals surface area contributed by atoms with Crippen molar-refractivity contribution in [3.63, 3.8) is 0 Å². The highest BCUT2D eigenvalue weighted by molar-refractivity contribution is 14.1. The minimum absolute atomic E-state index is 0.782. The number of rotatable bonds is 1. The lowest BCUT2D eigenvalue weighted by Gasteiger charge is -2.29. The van der Waals surface area contributed by atoms with Gasteiger partial charge in [0, 0.05) is 3.57 Å². The van der Waals surface area contributed by atoms with Crippen LogP contribution in [0.1, 0.15) is 43.7 Å². The van der Waals surface area contributed by atoms with Crippen LogP contribution >= 0.6 is 22.6 Å². The highest BCUT2D eigenvalue weighted by Gasteiger charge is 2.24. The van der Waals surface area contributed by atoms with Crippen LogP contribution in [-0.2, 0) is 6.42 Å². The number of aryl methyl sites for hydroxylation is 1. The van der Waals surface area contributed by atoms with Gasteiger partial charge < -0.3 is 0 Å². The minimum Gasteiger partial charge on any atom is -0.0622 e. The second-order valence-electron chi connectivity index (χ2n) is 4.56. The van der Waals surface area contributed by atoms with Crippen molar-refractivity contribution in [3.05, 3.63) is 32.9 Å². The van der Waals surface area contributed by atoms with Gasteiger partial charge in [0.15, 0.2) is 0 Å². The van der Waals surface area contributed by atoms with Gasteiger partial charge >= 0.3 is 0 Å². The smallest absolute Gasteiger partial charge is 0.0168 e. The maximum absolute atomic E-state index is 2.49. The molecule has 0 bridgehead atoms. The number of hydrogen-bond donors (Lipinski definition) is 0. The van der Waals surface area contributed by atoms with Crippen molar-refractivity contribution in [1.29, 1.82) is 0 Å². The van der Waals surface area contributed by atoms with Gasteiger partial charge in [-0.3, -0.25) is 0 Å². The van der Waals surface area contributed by atoms with Gasteiger partial charge in [0.05, 0.1) is 0 Å². The van der Waals surface area contributed by atoms with Crippen molar-refractivity contribution in [2.24, 2.45) is 5.92 Å². The molecule has 1 unspecified atom stereocenters. The average molecular weight is 300 g/mol. The molecule has 14 heavy (non-hydrogen) atoms. The fourth-order valence-electron chi connectivity index (χ4n) is 2.54. The lowest BCUT2D eigenvalue weighted by molar-refractivity contribution is 0.432. The normalized spacial score (nSPS) is 21.0. The summed E-state index contributed by atoms with van der Waals surface area (Å²) in [6, 6.07) is 6.76. The molecule has 1 aliphatic rings. The maximum Gasteiger partial charge on any atom is 0.0168 e. The molecule has 0 aromatic heterocycles. The Kier molecular flexibility index (Phi) is 3.15. The quantitative estimate of drug-likeness (QED) is 0.676. The summed E-state index contributed by atoms with van der Waals surface area (Å²) in [5.74, 6) is 1.58. The zero-order valence-corrected chi connectivity index (χ0v) is 11.0. The first kappa shape index (κ1) is 10.5. The molecule has 0 N–H and O–H groups in total. The third kappa shape index (κ3) is 1.83. The van der Waals surface area contributed by atoms with E-state index in [0.717, 1.165) is 11.8 Å². The van der Waals surface area contributed by atoms with Crippen molar-refractivity contribution < 1.29 is 0 Å². The second kappa shape index (κ2) is 4.21. The molecule has 1 aliphatic carbocycles. The zero-order chi connectivity index (χ0) is 10.1. The van der Waals surface area contributed by atoms with E-state index in [1.807, 2.05) is 0 Å². The van der Waals surface area contributed by atoms with Crippen LogP contribution in [0.4, 0.5) is 0 Å². The van der Waals surface area contributed by atoms with Crippen molar-refractivity contribution in [3.8, 4) is 0 Å². The maximum atomic E-state index is 2.49. The van der Waals surface area contributed by atoms with Crippen LogP contribution in [-0.4, -0.2) is 0 Å². The van der Waals surface area contributed by atoms with Gasteiger partial charge in [-0.25, -0.2) is 0 Å². The molecule has 2 rings (SSSR count). The van der Waals surface area contributed by atoms with Gasteiger partial charge in [-0.1, -0.05) is 26.0 Å². The monoisotopic (exact) mass is 300 g/mol. The number of fused-ring (bicyclic) bond motifs is 1. The summed E-state index contributed by atoms with van der Waals surface area (Å²) in [5.41, 5.74) is 3.25. The molecule has 0 saturated heterocycles. The average Bonchev–Trinajstić information content (AvgIpc) is 2.17. The molecular weight excluding hydrogens is 283 g/mol. The second-order valence-corrected chi connectivity index (χ2v) is 5.72. The lowest BCUT2D eigenvalue weighted by Crippen LogP contribution is -2.16. The molecule has 1 aromatic carbocycles. The first-order chi connectivity index (χ1) is 6.70. The molecule has 1 heteroatoms. The first-order valence-corrected chi connectivity index (χ1v) is 6.55. The van der Waals surface area contributed by atoms with E-state index in [4.69, 9.17) is 0 Å². The van der Waals surface area contributed by atoms with Gasteiger partial charge in [0.2, 0.25) is 0 Å². The Bertz CT molecular complexity index is 328. The van der Waals surface area contributed by atoms with Gasteiger partial charge in [-0.15, -0.1) is 0 Å². The topological polar surface area (TPSA) is 0 Å². The van der Waals surface area contributed by atoms with E-state index < -0.39 is 0 Å². The van der Waals surface area contributed by atoms with E-state index in [-0.39, 0.29) is 0 Å². The summed E-state index contributed by atoms with van der Waals surface area (Å²) in [7, 11) is 0. The standard InChI is InChI=1S/C13H17I/c1-9(2)11-7-3-5-10-6-4-8-12(14)13(10)11/h4,6,8-9,11H,3,5,7H2,1-2H3. The Balaban J connectivity index is 2.47. The third-order valence-electron chi connectivity index (χ3n) is 3.28. The molecule has 76 valence electrons. The Hall–Kier alpha value is -0.0500. The van der Waals surface area contributed by atoms with E-state index in [2.05, 4.69) is 54.6 Å². The van der Waals surface area contributed by atoms with Gasteiger partial charge in [0.25, 0.3) is 0 Å². The van der Waals surface area contributed by atoms with E-state index in [1.165, 1.54) is 22.8 Å². The van der Waals surface area contributed by atoms with Crippen LogP contribution in [0.2, 0.25) is 0 Å². The summed E-state index contributed by atoms with van der Waals surface area (Å²) in [6.45, 7) is 4.70. The Labute approximate surface area is 100 Å². The van der Waals surface area contributed by atoms with Gasteiger partial charge in [-0.2, -0.15) is 0 Å². The largest absolute Gasteiger partial charge is 0.0622 e. The molecule has 1 atom stereocenters. The number of hydrogen-bond acceptors (Lipinski definition) is 0. The molecular formula is C13H17I. The fraction of sp³-hybridized carbons (Fsp3) is 0.538. The molecule has 0 nitrogen and oxygen atoms in total. The van der Waals surface area contributed by atoms with Crippen LogP contribution in [0, 0.1) is 9.49 Å². The van der Waals surface area contributed by atoms with Crippen LogP contribution < -0.4 is 0 Å². The van der Waals surface area contributed by atoms with E-state index >= 15 is 0 Å². The van der Waals surface area contributed by atoms with Crippen molar-refractivity contribution in [2.45, 2.75) is 39.0 Å².